The minimum Gasteiger partial charge on any atom is -0.481 e. The van der Waals surface area contributed by atoms with Gasteiger partial charge in [0.25, 0.3) is 0 Å². The lowest BCUT2D eigenvalue weighted by Gasteiger charge is -1.96. The van der Waals surface area contributed by atoms with Gasteiger partial charge in [-0.3, -0.25) is 4.79 Å². The van der Waals surface area contributed by atoms with Gasteiger partial charge in [0.05, 0.1) is 7.11 Å². The molecule has 0 aromatic heterocycles. The molecule has 0 saturated carbocycles. The van der Waals surface area contributed by atoms with Crippen molar-refractivity contribution < 1.29 is 19.4 Å². The Balaban J connectivity index is 3.84. The number of carboxylic acid groups (broad SMARTS) is 1. The second-order valence-electron chi connectivity index (χ2n) is 2.31. The molecule has 4 heteroatoms. The normalized spacial score (nSPS) is 11.0. The van der Waals surface area contributed by atoms with E-state index < -0.39 is 11.9 Å². The van der Waals surface area contributed by atoms with Crippen molar-refractivity contribution in [1.82, 2.24) is 0 Å². The summed E-state index contributed by atoms with van der Waals surface area (Å²) in [5.41, 5.74) is 0.443. The summed E-state index contributed by atoms with van der Waals surface area (Å²) in [6, 6.07) is 0. The molecule has 68 valence electrons. The molecule has 12 heavy (non-hydrogen) atoms. The molecule has 0 radical (unpaired) electrons. The first-order valence-corrected chi connectivity index (χ1v) is 3.54. The van der Waals surface area contributed by atoms with Gasteiger partial charge in [-0.15, -0.1) is 0 Å². The Bertz CT molecular complexity index is 205. The van der Waals surface area contributed by atoms with E-state index in [2.05, 4.69) is 4.74 Å². The molecule has 1 N–H and O–H groups in total. The zero-order chi connectivity index (χ0) is 9.56. The van der Waals surface area contributed by atoms with Crippen LogP contribution in [0.1, 0.15) is 19.8 Å². The van der Waals surface area contributed by atoms with E-state index in [1.54, 1.807) is 13.0 Å². The Labute approximate surface area is 70.8 Å². The van der Waals surface area contributed by atoms with Crippen LogP contribution in [0.3, 0.4) is 0 Å². The summed E-state index contributed by atoms with van der Waals surface area (Å²) in [6.07, 6.45) is 1.95. The van der Waals surface area contributed by atoms with Crippen LogP contribution in [0.4, 0.5) is 0 Å². The van der Waals surface area contributed by atoms with E-state index >= 15 is 0 Å². The molecular formula is C8H12O4. The summed E-state index contributed by atoms with van der Waals surface area (Å²) in [5, 5.41) is 8.28. The summed E-state index contributed by atoms with van der Waals surface area (Å²) in [5.74, 6) is -1.29. The number of carbonyl (C=O) groups excluding carboxylic acids is 1. The van der Waals surface area contributed by atoms with Crippen LogP contribution in [-0.2, 0) is 14.3 Å². The first kappa shape index (κ1) is 10.7. The molecule has 0 spiro atoms. The van der Waals surface area contributed by atoms with Crippen LogP contribution in [0, 0.1) is 0 Å². The quantitative estimate of drug-likeness (QED) is 0.507. The third-order valence-electron chi connectivity index (χ3n) is 1.32. The molecule has 0 aliphatic carbocycles. The Morgan fingerprint density at radius 2 is 2.08 bits per heavy atom. The first-order valence-electron chi connectivity index (χ1n) is 3.54. The van der Waals surface area contributed by atoms with Gasteiger partial charge >= 0.3 is 11.9 Å². The van der Waals surface area contributed by atoms with Crippen molar-refractivity contribution in [3.63, 3.8) is 0 Å². The number of methoxy groups -OCH3 is 1. The number of allylic oxidation sites excluding steroid dienone is 1. The van der Waals surface area contributed by atoms with Gasteiger partial charge in [-0.25, -0.2) is 4.79 Å². The second kappa shape index (κ2) is 5.35. The highest BCUT2D eigenvalue weighted by Crippen LogP contribution is 2.00. The molecule has 0 unspecified atom stereocenters. The summed E-state index contributed by atoms with van der Waals surface area (Å²) in [7, 11) is 1.29. The molecule has 0 aliphatic heterocycles. The number of carboxylic acids is 1. The largest absolute Gasteiger partial charge is 0.481 e. The van der Waals surface area contributed by atoms with Crippen LogP contribution in [-0.4, -0.2) is 24.2 Å². The average Bonchev–Trinajstić information content (AvgIpc) is 2.02. The van der Waals surface area contributed by atoms with E-state index in [0.29, 0.717) is 12.0 Å². The molecule has 0 saturated heterocycles. The van der Waals surface area contributed by atoms with Crippen molar-refractivity contribution in [1.29, 1.82) is 0 Å². The second-order valence-corrected chi connectivity index (χ2v) is 2.31. The smallest absolute Gasteiger partial charge is 0.333 e. The Morgan fingerprint density at radius 3 is 2.50 bits per heavy atom. The number of aliphatic carboxylic acids is 1. The molecule has 0 aromatic rings. The van der Waals surface area contributed by atoms with Gasteiger partial charge in [0.15, 0.2) is 0 Å². The lowest BCUT2D eigenvalue weighted by Crippen LogP contribution is -2.01. The van der Waals surface area contributed by atoms with E-state index in [4.69, 9.17) is 5.11 Å². The van der Waals surface area contributed by atoms with Crippen LogP contribution in [0.15, 0.2) is 11.6 Å². The van der Waals surface area contributed by atoms with Gasteiger partial charge in [-0.05, 0) is 13.3 Å². The van der Waals surface area contributed by atoms with E-state index in [0.717, 1.165) is 0 Å². The standard InChI is InChI=1S/C8H12O4/c1-6(8(11)12-2)4-3-5-7(9)10/h4H,3,5H2,1-2H3,(H,9,10). The zero-order valence-electron chi connectivity index (χ0n) is 7.16. The van der Waals surface area contributed by atoms with Crippen molar-refractivity contribution in [2.24, 2.45) is 0 Å². The van der Waals surface area contributed by atoms with Crippen molar-refractivity contribution >= 4 is 11.9 Å². The van der Waals surface area contributed by atoms with E-state index in [-0.39, 0.29) is 6.42 Å². The molecular weight excluding hydrogens is 160 g/mol. The highest BCUT2D eigenvalue weighted by Gasteiger charge is 2.02. The van der Waals surface area contributed by atoms with Crippen LogP contribution in [0.25, 0.3) is 0 Å². The van der Waals surface area contributed by atoms with E-state index in [1.165, 1.54) is 7.11 Å². The van der Waals surface area contributed by atoms with Crippen LogP contribution >= 0.6 is 0 Å². The number of ether oxygens (including phenoxy) is 1. The molecule has 0 bridgehead atoms. The lowest BCUT2D eigenvalue weighted by atomic mass is 10.2. The number of hydrogen-bond donors (Lipinski definition) is 1. The SMILES string of the molecule is COC(=O)C(C)=CCCC(=O)O. The first-order chi connectivity index (χ1) is 5.57. The Hall–Kier alpha value is -1.32. The van der Waals surface area contributed by atoms with Gasteiger partial charge in [0.2, 0.25) is 0 Å². The summed E-state index contributed by atoms with van der Waals surface area (Å²) in [4.78, 5) is 20.8. The van der Waals surface area contributed by atoms with Crippen LogP contribution < -0.4 is 0 Å². The Kier molecular flexibility index (Phi) is 4.76. The minimum atomic E-state index is -0.871. The van der Waals surface area contributed by atoms with E-state index in [1.807, 2.05) is 0 Å². The lowest BCUT2D eigenvalue weighted by molar-refractivity contribution is -0.137. The Morgan fingerprint density at radius 1 is 1.50 bits per heavy atom. The fourth-order valence-electron chi connectivity index (χ4n) is 0.656. The van der Waals surface area contributed by atoms with Gasteiger partial charge in [0, 0.05) is 12.0 Å². The monoisotopic (exact) mass is 172 g/mol. The molecule has 0 fully saturated rings. The van der Waals surface area contributed by atoms with Crippen molar-refractivity contribution in [3.05, 3.63) is 11.6 Å². The highest BCUT2D eigenvalue weighted by molar-refractivity contribution is 5.87. The predicted octanol–water partition coefficient (Wildman–Crippen LogP) is 0.970. The molecule has 4 nitrogen and oxygen atoms in total. The maximum Gasteiger partial charge on any atom is 0.333 e. The number of rotatable bonds is 4. The third-order valence-corrected chi connectivity index (χ3v) is 1.32. The summed E-state index contributed by atoms with van der Waals surface area (Å²) >= 11 is 0. The molecule has 0 amide bonds. The maximum atomic E-state index is 10.7. The average molecular weight is 172 g/mol. The fraction of sp³-hybridized carbons (Fsp3) is 0.500. The van der Waals surface area contributed by atoms with Crippen LogP contribution in [0.2, 0.25) is 0 Å². The maximum absolute atomic E-state index is 10.7. The van der Waals surface area contributed by atoms with Gasteiger partial charge in [-0.2, -0.15) is 0 Å². The highest BCUT2D eigenvalue weighted by atomic mass is 16.5. The molecule has 0 atom stereocenters. The summed E-state index contributed by atoms with van der Waals surface area (Å²) in [6.45, 7) is 1.59. The number of carbonyl (C=O) groups is 2. The van der Waals surface area contributed by atoms with Gasteiger partial charge in [0.1, 0.15) is 0 Å². The zero-order valence-corrected chi connectivity index (χ0v) is 7.16. The molecule has 0 aromatic carbocycles. The molecule has 0 aliphatic rings. The van der Waals surface area contributed by atoms with Crippen LogP contribution in [0.5, 0.6) is 0 Å². The van der Waals surface area contributed by atoms with E-state index in [9.17, 15) is 9.59 Å². The predicted molar refractivity (Wildman–Crippen MR) is 42.6 cm³/mol. The van der Waals surface area contributed by atoms with Crippen molar-refractivity contribution in [3.8, 4) is 0 Å². The fourth-order valence-corrected chi connectivity index (χ4v) is 0.656. The van der Waals surface area contributed by atoms with Gasteiger partial charge < -0.3 is 9.84 Å². The topological polar surface area (TPSA) is 63.6 Å². The van der Waals surface area contributed by atoms with Crippen molar-refractivity contribution in [2.75, 3.05) is 7.11 Å². The molecule has 0 rings (SSSR count). The minimum absolute atomic E-state index is 0.0360. The summed E-state index contributed by atoms with van der Waals surface area (Å²) < 4.78 is 4.41. The molecule has 0 heterocycles. The third kappa shape index (κ3) is 4.49. The number of esters is 1. The van der Waals surface area contributed by atoms with Crippen molar-refractivity contribution in [2.45, 2.75) is 19.8 Å². The number of hydrogen-bond acceptors (Lipinski definition) is 3. The van der Waals surface area contributed by atoms with Gasteiger partial charge in [-0.1, -0.05) is 6.08 Å².